The van der Waals surface area contributed by atoms with Gasteiger partial charge < -0.3 is 18.8 Å². The predicted molar refractivity (Wildman–Crippen MR) is 116 cm³/mol. The van der Waals surface area contributed by atoms with Gasteiger partial charge in [0.25, 0.3) is 0 Å². The van der Waals surface area contributed by atoms with Crippen LogP contribution in [0.25, 0.3) is 0 Å². The van der Waals surface area contributed by atoms with Gasteiger partial charge in [-0.05, 0) is 72.4 Å². The molecule has 0 aliphatic carbocycles. The van der Waals surface area contributed by atoms with E-state index in [2.05, 4.69) is 33.8 Å². The Balaban J connectivity index is 1.72. The van der Waals surface area contributed by atoms with Crippen molar-refractivity contribution in [1.82, 2.24) is 0 Å². The van der Waals surface area contributed by atoms with E-state index < -0.39 is 0 Å². The summed E-state index contributed by atoms with van der Waals surface area (Å²) in [6, 6.07) is 7.85. The first-order valence-electron chi connectivity index (χ1n) is 10.5. The molecule has 1 fully saturated rings. The van der Waals surface area contributed by atoms with Gasteiger partial charge in [0.1, 0.15) is 5.75 Å². The molecule has 1 aliphatic heterocycles. The van der Waals surface area contributed by atoms with Crippen molar-refractivity contribution in [2.45, 2.75) is 84.5 Å². The number of para-hydroxylation sites is 1. The topological polar surface area (TPSA) is 54.0 Å². The average molecular weight is 402 g/mol. The molecular weight excluding hydrogens is 367 g/mol. The average Bonchev–Trinajstić information content (AvgIpc) is 2.83. The molecule has 6 heteroatoms. The molecule has 0 aromatic heterocycles. The standard InChI is InChI=1S/C23H35BO5/c1-18(2)27-21(25)15-14-19-12-8-9-13-20(19)26-17-11-7-10-16-24-28-22(3,4)23(5,6)29-24/h8-10,12-13,16,18H,7,11,14-15,17H2,1-6H3. The van der Waals surface area contributed by atoms with Crippen molar-refractivity contribution in [3.8, 4) is 5.75 Å². The summed E-state index contributed by atoms with van der Waals surface area (Å²) in [4.78, 5) is 11.8. The fourth-order valence-electron chi connectivity index (χ4n) is 2.97. The summed E-state index contributed by atoms with van der Waals surface area (Å²) >= 11 is 0. The smallest absolute Gasteiger partial charge is 0.486 e. The van der Waals surface area contributed by atoms with Crippen LogP contribution < -0.4 is 4.74 Å². The van der Waals surface area contributed by atoms with E-state index in [9.17, 15) is 4.79 Å². The lowest BCUT2D eigenvalue weighted by Crippen LogP contribution is -2.41. The molecule has 0 amide bonds. The lowest BCUT2D eigenvalue weighted by atomic mass is 9.89. The van der Waals surface area contributed by atoms with Crippen LogP contribution in [-0.4, -0.2) is 37.0 Å². The first-order chi connectivity index (χ1) is 13.6. The van der Waals surface area contributed by atoms with Crippen LogP contribution in [0.4, 0.5) is 0 Å². The number of ether oxygens (including phenoxy) is 2. The Morgan fingerprint density at radius 3 is 2.45 bits per heavy atom. The van der Waals surface area contributed by atoms with Crippen molar-refractivity contribution >= 4 is 13.1 Å². The maximum absolute atomic E-state index is 11.8. The lowest BCUT2D eigenvalue weighted by molar-refractivity contribution is -0.147. The number of hydrogen-bond donors (Lipinski definition) is 0. The predicted octanol–water partition coefficient (Wildman–Crippen LogP) is 4.92. The molecule has 0 N–H and O–H groups in total. The normalized spacial score (nSPS) is 17.8. The third-order valence-electron chi connectivity index (χ3n) is 5.28. The highest BCUT2D eigenvalue weighted by Crippen LogP contribution is 2.36. The largest absolute Gasteiger partial charge is 0.493 e. The van der Waals surface area contributed by atoms with Gasteiger partial charge in [-0.25, -0.2) is 0 Å². The van der Waals surface area contributed by atoms with Crippen LogP contribution in [0.2, 0.25) is 0 Å². The van der Waals surface area contributed by atoms with Gasteiger partial charge in [0, 0.05) is 6.42 Å². The quantitative estimate of drug-likeness (QED) is 0.316. The summed E-state index contributed by atoms with van der Waals surface area (Å²) in [6.45, 7) is 12.5. The molecule has 1 aromatic carbocycles. The zero-order valence-electron chi connectivity index (χ0n) is 18.7. The molecule has 1 aromatic rings. The monoisotopic (exact) mass is 402 g/mol. The fraction of sp³-hybridized carbons (Fsp3) is 0.609. The van der Waals surface area contributed by atoms with Gasteiger partial charge in [-0.3, -0.25) is 4.79 Å². The molecule has 5 nitrogen and oxygen atoms in total. The number of allylic oxidation sites excluding steroid dienone is 1. The molecule has 0 radical (unpaired) electrons. The zero-order valence-corrected chi connectivity index (χ0v) is 18.7. The maximum atomic E-state index is 11.8. The summed E-state index contributed by atoms with van der Waals surface area (Å²) in [6.07, 6.45) is 4.74. The molecule has 0 bridgehead atoms. The maximum Gasteiger partial charge on any atom is 0.486 e. The van der Waals surface area contributed by atoms with Gasteiger partial charge in [-0.15, -0.1) is 0 Å². The minimum atomic E-state index is -0.309. The van der Waals surface area contributed by atoms with E-state index in [4.69, 9.17) is 18.8 Å². The highest BCUT2D eigenvalue weighted by atomic mass is 16.7. The van der Waals surface area contributed by atoms with Crippen molar-refractivity contribution in [1.29, 1.82) is 0 Å². The number of esters is 1. The molecule has 0 saturated carbocycles. The van der Waals surface area contributed by atoms with Crippen LogP contribution >= 0.6 is 0 Å². The molecule has 160 valence electrons. The number of carbonyl (C=O) groups excluding carboxylic acids is 1. The Labute approximate surface area is 175 Å². The highest BCUT2D eigenvalue weighted by molar-refractivity contribution is 6.51. The second kappa shape index (κ2) is 10.3. The van der Waals surface area contributed by atoms with Crippen LogP contribution in [0.15, 0.2) is 36.3 Å². The fourth-order valence-corrected chi connectivity index (χ4v) is 2.97. The summed E-state index contributed by atoms with van der Waals surface area (Å²) < 4.78 is 23.0. The minimum Gasteiger partial charge on any atom is -0.493 e. The number of hydrogen-bond acceptors (Lipinski definition) is 5. The van der Waals surface area contributed by atoms with Gasteiger partial charge in [-0.1, -0.05) is 30.3 Å². The third-order valence-corrected chi connectivity index (χ3v) is 5.28. The Bertz CT molecular complexity index is 680. The van der Waals surface area contributed by atoms with Crippen molar-refractivity contribution < 1.29 is 23.6 Å². The molecule has 0 atom stereocenters. The van der Waals surface area contributed by atoms with Gasteiger partial charge in [0.15, 0.2) is 0 Å². The van der Waals surface area contributed by atoms with Crippen molar-refractivity contribution in [2.24, 2.45) is 0 Å². The summed E-state index contributed by atoms with van der Waals surface area (Å²) in [5, 5.41) is 0. The third kappa shape index (κ3) is 7.20. The first-order valence-corrected chi connectivity index (χ1v) is 10.5. The number of rotatable bonds is 10. The lowest BCUT2D eigenvalue weighted by Gasteiger charge is -2.32. The van der Waals surface area contributed by atoms with Crippen LogP contribution in [0.1, 0.15) is 66.4 Å². The van der Waals surface area contributed by atoms with Crippen molar-refractivity contribution in [3.05, 3.63) is 41.9 Å². The molecule has 1 saturated heterocycles. The number of carbonyl (C=O) groups is 1. The van der Waals surface area contributed by atoms with E-state index in [0.29, 0.717) is 19.4 Å². The first kappa shape index (κ1) is 23.5. The van der Waals surface area contributed by atoms with Crippen LogP contribution in [-0.2, 0) is 25.3 Å². The molecule has 1 aliphatic rings. The van der Waals surface area contributed by atoms with Crippen LogP contribution in [0.3, 0.4) is 0 Å². The van der Waals surface area contributed by atoms with Crippen LogP contribution in [0.5, 0.6) is 5.75 Å². The summed E-state index contributed by atoms with van der Waals surface area (Å²) in [5.74, 6) is 2.63. The Hall–Kier alpha value is -1.79. The van der Waals surface area contributed by atoms with Crippen molar-refractivity contribution in [2.75, 3.05) is 6.61 Å². The van der Waals surface area contributed by atoms with E-state index in [0.717, 1.165) is 24.2 Å². The van der Waals surface area contributed by atoms with Crippen LogP contribution in [0, 0.1) is 0 Å². The molecule has 0 unspecified atom stereocenters. The Kier molecular flexibility index (Phi) is 8.35. The number of benzene rings is 1. The number of aryl methyl sites for hydroxylation is 1. The Morgan fingerprint density at radius 2 is 1.79 bits per heavy atom. The van der Waals surface area contributed by atoms with Gasteiger partial charge in [0.2, 0.25) is 0 Å². The number of unbranched alkanes of at least 4 members (excludes halogenated alkanes) is 1. The van der Waals surface area contributed by atoms with E-state index in [1.807, 2.05) is 44.1 Å². The SMILES string of the molecule is CC(C)OC(=O)CCc1ccccc1OCCCC=CB1OC(C)(C)C(C)(C)O1. The zero-order chi connectivity index (χ0) is 21.5. The van der Waals surface area contributed by atoms with Crippen molar-refractivity contribution in [3.63, 3.8) is 0 Å². The molecule has 29 heavy (non-hydrogen) atoms. The van der Waals surface area contributed by atoms with E-state index in [-0.39, 0.29) is 30.4 Å². The summed E-state index contributed by atoms with van der Waals surface area (Å²) in [5.41, 5.74) is 0.410. The van der Waals surface area contributed by atoms with Gasteiger partial charge in [0.05, 0.1) is 23.9 Å². The van der Waals surface area contributed by atoms with E-state index in [1.165, 1.54) is 0 Å². The highest BCUT2D eigenvalue weighted by Gasteiger charge is 2.49. The van der Waals surface area contributed by atoms with Gasteiger partial charge >= 0.3 is 13.1 Å². The Morgan fingerprint density at radius 1 is 1.14 bits per heavy atom. The molecule has 2 rings (SSSR count). The van der Waals surface area contributed by atoms with E-state index in [1.54, 1.807) is 0 Å². The molecular formula is C23H35BO5. The van der Waals surface area contributed by atoms with E-state index >= 15 is 0 Å². The second-order valence-electron chi connectivity index (χ2n) is 8.69. The second-order valence-corrected chi connectivity index (χ2v) is 8.69. The molecule has 1 heterocycles. The summed E-state index contributed by atoms with van der Waals surface area (Å²) in [7, 11) is -0.299. The molecule has 0 spiro atoms. The minimum absolute atomic E-state index is 0.0841. The van der Waals surface area contributed by atoms with Gasteiger partial charge in [-0.2, -0.15) is 0 Å².